The largest absolute Gasteiger partial charge is 0.481 e. The molecule has 4 nitrogen and oxygen atoms in total. The van der Waals surface area contributed by atoms with Gasteiger partial charge in [0.05, 0.1) is 6.42 Å². The van der Waals surface area contributed by atoms with Crippen LogP contribution in [0.1, 0.15) is 38.5 Å². The summed E-state index contributed by atoms with van der Waals surface area (Å²) in [4.78, 5) is 15.0. The number of anilines is 1. The van der Waals surface area contributed by atoms with E-state index in [4.69, 9.17) is 5.11 Å². The Hall–Kier alpha value is -1.58. The molecule has 0 bridgehead atoms. The molecule has 1 aliphatic rings. The van der Waals surface area contributed by atoms with E-state index < -0.39 is 5.97 Å². The molecule has 0 aliphatic heterocycles. The normalized spacial score (nSPS) is 18.6. The quantitative estimate of drug-likeness (QED) is 0.840. The van der Waals surface area contributed by atoms with Crippen molar-refractivity contribution < 1.29 is 9.90 Å². The number of aliphatic carboxylic acids is 1. The first-order chi connectivity index (χ1) is 8.20. The second-order valence-corrected chi connectivity index (χ2v) is 4.77. The Bertz CT molecular complexity index is 372. The van der Waals surface area contributed by atoms with Gasteiger partial charge in [0.2, 0.25) is 0 Å². The van der Waals surface area contributed by atoms with E-state index >= 15 is 0 Å². The van der Waals surface area contributed by atoms with Gasteiger partial charge in [0.25, 0.3) is 0 Å². The standard InChI is InChI=1S/C13H18N2O2/c16-12(17)10-13(6-2-1-3-7-13)15-11-4-8-14-9-5-11/h4-5,8-9H,1-3,6-7,10H2,(H,14,15)(H,16,17). The number of aromatic nitrogens is 1. The van der Waals surface area contributed by atoms with Gasteiger partial charge in [0, 0.05) is 23.6 Å². The fourth-order valence-electron chi connectivity index (χ4n) is 2.61. The third-order valence-electron chi connectivity index (χ3n) is 3.39. The van der Waals surface area contributed by atoms with Crippen molar-refractivity contribution >= 4 is 11.7 Å². The van der Waals surface area contributed by atoms with Crippen LogP contribution in [0.25, 0.3) is 0 Å². The highest BCUT2D eigenvalue weighted by molar-refractivity contribution is 5.69. The summed E-state index contributed by atoms with van der Waals surface area (Å²) in [6.45, 7) is 0. The van der Waals surface area contributed by atoms with Crippen LogP contribution >= 0.6 is 0 Å². The van der Waals surface area contributed by atoms with Crippen LogP contribution in [0.4, 0.5) is 5.69 Å². The predicted molar refractivity (Wildman–Crippen MR) is 65.9 cm³/mol. The third kappa shape index (κ3) is 3.19. The third-order valence-corrected chi connectivity index (χ3v) is 3.39. The highest BCUT2D eigenvalue weighted by Gasteiger charge is 2.34. The van der Waals surface area contributed by atoms with Crippen LogP contribution in [-0.2, 0) is 4.79 Å². The van der Waals surface area contributed by atoms with Crippen molar-refractivity contribution in [1.82, 2.24) is 4.98 Å². The van der Waals surface area contributed by atoms with Gasteiger partial charge in [-0.1, -0.05) is 19.3 Å². The molecule has 1 fully saturated rings. The van der Waals surface area contributed by atoms with Crippen LogP contribution in [-0.4, -0.2) is 21.6 Å². The second-order valence-electron chi connectivity index (χ2n) is 4.77. The van der Waals surface area contributed by atoms with Crippen molar-refractivity contribution in [3.8, 4) is 0 Å². The molecular weight excluding hydrogens is 216 g/mol. The average Bonchev–Trinajstić information content (AvgIpc) is 2.30. The molecule has 92 valence electrons. The van der Waals surface area contributed by atoms with Crippen molar-refractivity contribution in [3.05, 3.63) is 24.5 Å². The minimum absolute atomic E-state index is 0.190. The lowest BCUT2D eigenvalue weighted by Crippen LogP contribution is -2.42. The van der Waals surface area contributed by atoms with Gasteiger partial charge in [-0.2, -0.15) is 0 Å². The molecule has 0 radical (unpaired) electrons. The summed E-state index contributed by atoms with van der Waals surface area (Å²) < 4.78 is 0. The van der Waals surface area contributed by atoms with Gasteiger partial charge in [-0.25, -0.2) is 0 Å². The molecule has 2 N–H and O–H groups in total. The first-order valence-corrected chi connectivity index (χ1v) is 6.10. The Morgan fingerprint density at radius 1 is 1.29 bits per heavy atom. The zero-order chi connectivity index (χ0) is 12.1. The van der Waals surface area contributed by atoms with Crippen LogP contribution in [0.2, 0.25) is 0 Å². The SMILES string of the molecule is O=C(O)CC1(Nc2ccncc2)CCCCC1. The number of rotatable bonds is 4. The van der Waals surface area contributed by atoms with Gasteiger partial charge in [0.15, 0.2) is 0 Å². The maximum Gasteiger partial charge on any atom is 0.305 e. The van der Waals surface area contributed by atoms with E-state index in [9.17, 15) is 4.79 Å². The van der Waals surface area contributed by atoms with Gasteiger partial charge in [-0.3, -0.25) is 9.78 Å². The molecule has 17 heavy (non-hydrogen) atoms. The minimum atomic E-state index is -0.728. The number of pyridine rings is 1. The van der Waals surface area contributed by atoms with Gasteiger partial charge < -0.3 is 10.4 Å². The summed E-state index contributed by atoms with van der Waals surface area (Å²) in [6.07, 6.45) is 8.91. The number of carbonyl (C=O) groups is 1. The molecule has 1 aromatic heterocycles. The Morgan fingerprint density at radius 3 is 2.53 bits per heavy atom. The number of nitrogens with zero attached hydrogens (tertiary/aromatic N) is 1. The van der Waals surface area contributed by atoms with E-state index in [1.165, 1.54) is 6.42 Å². The van der Waals surface area contributed by atoms with Crippen LogP contribution in [0.15, 0.2) is 24.5 Å². The lowest BCUT2D eigenvalue weighted by Gasteiger charge is -2.37. The number of hydrogen-bond acceptors (Lipinski definition) is 3. The van der Waals surface area contributed by atoms with Crippen molar-refractivity contribution in [2.75, 3.05) is 5.32 Å². The summed E-state index contributed by atoms with van der Waals surface area (Å²) in [5.41, 5.74) is 0.689. The lowest BCUT2D eigenvalue weighted by atomic mass is 9.79. The van der Waals surface area contributed by atoms with E-state index in [1.54, 1.807) is 12.4 Å². The molecule has 1 heterocycles. The van der Waals surface area contributed by atoms with Crippen molar-refractivity contribution in [2.45, 2.75) is 44.1 Å². The Balaban J connectivity index is 2.12. The van der Waals surface area contributed by atoms with E-state index in [0.717, 1.165) is 31.4 Å². The molecule has 2 rings (SSSR count). The Labute approximate surface area is 101 Å². The number of carboxylic acids is 1. The molecule has 0 atom stereocenters. The summed E-state index contributed by atoms with van der Waals surface area (Å²) in [5.74, 6) is -0.728. The molecular formula is C13H18N2O2. The first-order valence-electron chi connectivity index (χ1n) is 6.10. The number of carboxylic acid groups (broad SMARTS) is 1. The number of hydrogen-bond donors (Lipinski definition) is 2. The second kappa shape index (κ2) is 5.17. The first kappa shape index (κ1) is 11.9. The summed E-state index contributed by atoms with van der Waals surface area (Å²) in [6, 6.07) is 3.77. The topological polar surface area (TPSA) is 62.2 Å². The maximum absolute atomic E-state index is 11.0. The van der Waals surface area contributed by atoms with Gasteiger partial charge in [-0.15, -0.1) is 0 Å². The van der Waals surface area contributed by atoms with Crippen molar-refractivity contribution in [2.24, 2.45) is 0 Å². The Morgan fingerprint density at radius 2 is 1.94 bits per heavy atom. The van der Waals surface area contributed by atoms with Crippen LogP contribution in [0.3, 0.4) is 0 Å². The highest BCUT2D eigenvalue weighted by atomic mass is 16.4. The molecule has 4 heteroatoms. The summed E-state index contributed by atoms with van der Waals surface area (Å²) >= 11 is 0. The molecule has 0 saturated heterocycles. The van der Waals surface area contributed by atoms with Crippen molar-refractivity contribution in [1.29, 1.82) is 0 Å². The van der Waals surface area contributed by atoms with Gasteiger partial charge in [-0.05, 0) is 25.0 Å². The van der Waals surface area contributed by atoms with Crippen molar-refractivity contribution in [3.63, 3.8) is 0 Å². The molecule has 0 amide bonds. The van der Waals surface area contributed by atoms with E-state index in [0.29, 0.717) is 0 Å². The molecule has 0 aromatic carbocycles. The zero-order valence-electron chi connectivity index (χ0n) is 9.85. The highest BCUT2D eigenvalue weighted by Crippen LogP contribution is 2.34. The minimum Gasteiger partial charge on any atom is -0.481 e. The maximum atomic E-state index is 11.0. The van der Waals surface area contributed by atoms with Crippen LogP contribution < -0.4 is 5.32 Å². The van der Waals surface area contributed by atoms with E-state index in [2.05, 4.69) is 10.3 Å². The molecule has 1 aliphatic carbocycles. The number of nitrogens with one attached hydrogen (secondary N) is 1. The fraction of sp³-hybridized carbons (Fsp3) is 0.538. The summed E-state index contributed by atoms with van der Waals surface area (Å²) in [5, 5.41) is 12.5. The van der Waals surface area contributed by atoms with Crippen LogP contribution in [0, 0.1) is 0 Å². The molecule has 0 unspecified atom stereocenters. The lowest BCUT2D eigenvalue weighted by molar-refractivity contribution is -0.138. The average molecular weight is 234 g/mol. The Kier molecular flexibility index (Phi) is 3.61. The molecule has 1 aromatic rings. The molecule has 1 saturated carbocycles. The summed E-state index contributed by atoms with van der Waals surface area (Å²) in [7, 11) is 0. The molecule has 0 spiro atoms. The van der Waals surface area contributed by atoms with Gasteiger partial charge >= 0.3 is 5.97 Å². The van der Waals surface area contributed by atoms with Gasteiger partial charge in [0.1, 0.15) is 0 Å². The van der Waals surface area contributed by atoms with E-state index in [1.807, 2.05) is 12.1 Å². The fourth-order valence-corrected chi connectivity index (χ4v) is 2.61. The monoisotopic (exact) mass is 234 g/mol. The zero-order valence-corrected chi connectivity index (χ0v) is 9.85. The van der Waals surface area contributed by atoms with Crippen LogP contribution in [0.5, 0.6) is 0 Å². The predicted octanol–water partition coefficient (Wildman–Crippen LogP) is 2.67. The van der Waals surface area contributed by atoms with E-state index in [-0.39, 0.29) is 12.0 Å². The smallest absolute Gasteiger partial charge is 0.305 e.